The number of rotatable bonds is 8. The second-order valence-corrected chi connectivity index (χ2v) is 7.11. The molecular weight excluding hydrogens is 212 g/mol. The van der Waals surface area contributed by atoms with Gasteiger partial charge in [-0.1, -0.05) is 49.3 Å². The average Bonchev–Trinajstić information content (AvgIpc) is 2.09. The first kappa shape index (κ1) is 14.4. The summed E-state index contributed by atoms with van der Waals surface area (Å²) in [6.07, 6.45) is 3.00. The number of hydrogen-bond acceptors (Lipinski definition) is 3. The Hall–Kier alpha value is 0.370. The molecule has 1 nitrogen and oxygen atoms in total. The highest BCUT2D eigenvalue weighted by Crippen LogP contribution is 2.27. The molecule has 14 heavy (non-hydrogen) atoms. The summed E-state index contributed by atoms with van der Waals surface area (Å²) >= 11 is 0. The summed E-state index contributed by atoms with van der Waals surface area (Å²) in [5, 5.41) is 0.706. The Morgan fingerprint density at radius 3 is 2.29 bits per heavy atom. The van der Waals surface area contributed by atoms with Crippen molar-refractivity contribution in [3.05, 3.63) is 0 Å². The summed E-state index contributed by atoms with van der Waals surface area (Å²) < 4.78 is 0. The summed E-state index contributed by atoms with van der Waals surface area (Å²) in [5.74, 6) is 1.80. The van der Waals surface area contributed by atoms with Crippen LogP contribution in [0.2, 0.25) is 0 Å². The highest BCUT2D eigenvalue weighted by molar-refractivity contribution is 8.76. The van der Waals surface area contributed by atoms with Crippen molar-refractivity contribution in [1.29, 1.82) is 0 Å². The Bertz CT molecular complexity index is 155. The Labute approximate surface area is 96.2 Å². The van der Waals surface area contributed by atoms with E-state index in [2.05, 4.69) is 13.8 Å². The van der Waals surface area contributed by atoms with Crippen molar-refractivity contribution in [1.82, 2.24) is 0 Å². The van der Waals surface area contributed by atoms with Gasteiger partial charge in [0.05, 0.1) is 0 Å². The molecule has 3 heteroatoms. The van der Waals surface area contributed by atoms with Gasteiger partial charge in [0.2, 0.25) is 0 Å². The van der Waals surface area contributed by atoms with Crippen LogP contribution in [0.15, 0.2) is 0 Å². The zero-order valence-electron chi connectivity index (χ0n) is 9.71. The van der Waals surface area contributed by atoms with E-state index in [1.807, 2.05) is 35.4 Å². The molecular formula is C11H22OS2. The second kappa shape index (κ2) is 8.66. The van der Waals surface area contributed by atoms with Gasteiger partial charge >= 0.3 is 0 Å². The quantitative estimate of drug-likeness (QED) is 0.463. The van der Waals surface area contributed by atoms with Crippen LogP contribution in [0.4, 0.5) is 0 Å². The number of carbonyl (C=O) groups is 1. The minimum atomic E-state index is 0.215. The first-order chi connectivity index (χ1) is 6.54. The summed E-state index contributed by atoms with van der Waals surface area (Å²) in [6.45, 7) is 8.37. The molecule has 0 bridgehead atoms. The van der Waals surface area contributed by atoms with Crippen LogP contribution in [-0.2, 0) is 4.79 Å². The molecule has 0 fully saturated rings. The number of unbranched alkanes of at least 4 members (excludes halogenated alkanes) is 1. The standard InChI is InChI=1S/C11H22OS2/c1-9(2)11(12)7-5-6-8-13-14-10(3)4/h9-10H,5-8H2,1-4H3. The number of Topliss-reactive ketones (excluding diaryl/α,β-unsaturated/α-hetero) is 1. The Kier molecular flexibility index (Phi) is 8.89. The number of hydrogen-bond donors (Lipinski definition) is 0. The lowest BCUT2D eigenvalue weighted by Crippen LogP contribution is -2.06. The van der Waals surface area contributed by atoms with Gasteiger partial charge < -0.3 is 0 Å². The lowest BCUT2D eigenvalue weighted by Gasteiger charge is -2.04. The predicted molar refractivity (Wildman–Crippen MR) is 68.9 cm³/mol. The van der Waals surface area contributed by atoms with Gasteiger partial charge in [0.1, 0.15) is 5.78 Å². The zero-order chi connectivity index (χ0) is 11.0. The summed E-state index contributed by atoms with van der Waals surface area (Å²) in [7, 11) is 3.85. The monoisotopic (exact) mass is 234 g/mol. The van der Waals surface area contributed by atoms with E-state index in [4.69, 9.17) is 0 Å². The fourth-order valence-corrected chi connectivity index (χ4v) is 3.08. The minimum Gasteiger partial charge on any atom is -0.299 e. The molecule has 0 aliphatic carbocycles. The fourth-order valence-electron chi connectivity index (χ4n) is 0.933. The molecule has 0 saturated heterocycles. The van der Waals surface area contributed by atoms with Crippen molar-refractivity contribution in [2.24, 2.45) is 5.92 Å². The van der Waals surface area contributed by atoms with E-state index >= 15 is 0 Å². The van der Waals surface area contributed by atoms with Crippen molar-refractivity contribution in [3.63, 3.8) is 0 Å². The number of carbonyl (C=O) groups excluding carboxylic acids is 1. The van der Waals surface area contributed by atoms with Crippen LogP contribution in [0.5, 0.6) is 0 Å². The highest BCUT2D eigenvalue weighted by atomic mass is 33.1. The summed E-state index contributed by atoms with van der Waals surface area (Å²) in [6, 6.07) is 0. The van der Waals surface area contributed by atoms with Crippen LogP contribution in [0, 0.1) is 5.92 Å². The van der Waals surface area contributed by atoms with E-state index in [0.717, 1.165) is 12.8 Å². The van der Waals surface area contributed by atoms with Crippen LogP contribution in [0.1, 0.15) is 47.0 Å². The molecule has 0 N–H and O–H groups in total. The molecule has 0 radical (unpaired) electrons. The van der Waals surface area contributed by atoms with Gasteiger partial charge in [-0.05, 0) is 12.8 Å². The Morgan fingerprint density at radius 1 is 1.14 bits per heavy atom. The van der Waals surface area contributed by atoms with Crippen LogP contribution >= 0.6 is 21.6 Å². The molecule has 0 atom stereocenters. The molecule has 0 rings (SSSR count). The molecule has 0 aromatic rings. The molecule has 0 aliphatic rings. The Morgan fingerprint density at radius 2 is 1.79 bits per heavy atom. The van der Waals surface area contributed by atoms with Gasteiger partial charge in [-0.3, -0.25) is 4.79 Å². The van der Waals surface area contributed by atoms with Gasteiger partial charge in [0, 0.05) is 23.3 Å². The smallest absolute Gasteiger partial charge is 0.135 e. The molecule has 0 aromatic carbocycles. The SMILES string of the molecule is CC(C)SSCCCCC(=O)C(C)C. The topological polar surface area (TPSA) is 17.1 Å². The third-order valence-corrected chi connectivity index (χ3v) is 4.84. The molecule has 0 spiro atoms. The second-order valence-electron chi connectivity index (χ2n) is 4.05. The number of ketones is 1. The molecule has 0 aromatic heterocycles. The maximum Gasteiger partial charge on any atom is 0.135 e. The van der Waals surface area contributed by atoms with Crippen molar-refractivity contribution in [2.75, 3.05) is 5.75 Å². The normalized spacial score (nSPS) is 11.3. The largest absolute Gasteiger partial charge is 0.299 e. The van der Waals surface area contributed by atoms with Gasteiger partial charge in [0.15, 0.2) is 0 Å². The van der Waals surface area contributed by atoms with Crippen molar-refractivity contribution in [3.8, 4) is 0 Å². The fraction of sp³-hybridized carbons (Fsp3) is 0.909. The minimum absolute atomic E-state index is 0.215. The van der Waals surface area contributed by atoms with E-state index in [1.54, 1.807) is 0 Å². The van der Waals surface area contributed by atoms with E-state index in [9.17, 15) is 4.79 Å². The molecule has 0 aliphatic heterocycles. The predicted octanol–water partition coefficient (Wildman–Crippen LogP) is 4.17. The van der Waals surface area contributed by atoms with Crippen LogP contribution in [0.3, 0.4) is 0 Å². The zero-order valence-corrected chi connectivity index (χ0v) is 11.3. The third kappa shape index (κ3) is 8.95. The van der Waals surface area contributed by atoms with Crippen LogP contribution in [-0.4, -0.2) is 16.8 Å². The highest BCUT2D eigenvalue weighted by Gasteiger charge is 2.05. The van der Waals surface area contributed by atoms with E-state index in [-0.39, 0.29) is 5.92 Å². The lowest BCUT2D eigenvalue weighted by molar-refractivity contribution is -0.121. The van der Waals surface area contributed by atoms with Crippen LogP contribution in [0.25, 0.3) is 0 Å². The van der Waals surface area contributed by atoms with Crippen molar-refractivity contribution in [2.45, 2.75) is 52.2 Å². The van der Waals surface area contributed by atoms with Crippen molar-refractivity contribution >= 4 is 27.4 Å². The van der Waals surface area contributed by atoms with Gasteiger partial charge in [-0.15, -0.1) is 0 Å². The maximum atomic E-state index is 11.3. The van der Waals surface area contributed by atoms with E-state index < -0.39 is 0 Å². The molecule has 0 unspecified atom stereocenters. The molecule has 84 valence electrons. The van der Waals surface area contributed by atoms with Gasteiger partial charge in [-0.25, -0.2) is 0 Å². The van der Waals surface area contributed by atoms with E-state index in [0.29, 0.717) is 11.0 Å². The molecule has 0 saturated carbocycles. The lowest BCUT2D eigenvalue weighted by atomic mass is 10.0. The van der Waals surface area contributed by atoms with Crippen LogP contribution < -0.4 is 0 Å². The Balaban J connectivity index is 3.18. The third-order valence-electron chi connectivity index (χ3n) is 1.81. The first-order valence-electron chi connectivity index (χ1n) is 5.35. The van der Waals surface area contributed by atoms with Gasteiger partial charge in [-0.2, -0.15) is 0 Å². The molecule has 0 heterocycles. The molecule has 0 amide bonds. The van der Waals surface area contributed by atoms with Crippen molar-refractivity contribution < 1.29 is 4.79 Å². The van der Waals surface area contributed by atoms with Gasteiger partial charge in [0.25, 0.3) is 0 Å². The van der Waals surface area contributed by atoms with E-state index in [1.165, 1.54) is 12.2 Å². The maximum absolute atomic E-state index is 11.3. The summed E-state index contributed by atoms with van der Waals surface area (Å²) in [4.78, 5) is 11.3. The average molecular weight is 234 g/mol. The first-order valence-corrected chi connectivity index (χ1v) is 7.73. The summed E-state index contributed by atoms with van der Waals surface area (Å²) in [5.41, 5.74) is 0.